The Hall–Kier alpha value is -2.21. The van der Waals surface area contributed by atoms with Crippen molar-refractivity contribution in [1.82, 2.24) is 9.88 Å². The van der Waals surface area contributed by atoms with E-state index in [4.69, 9.17) is 21.3 Å². The van der Waals surface area contributed by atoms with Gasteiger partial charge in [-0.1, -0.05) is 35.9 Å². The number of aryl methyl sites for hydroxylation is 2. The molecule has 1 amide bonds. The van der Waals surface area contributed by atoms with Crippen LogP contribution in [0, 0.1) is 5.92 Å². The van der Waals surface area contributed by atoms with Gasteiger partial charge in [-0.25, -0.2) is 0 Å². The Kier molecular flexibility index (Phi) is 6.55. The lowest BCUT2D eigenvalue weighted by Crippen LogP contribution is -2.48. The highest BCUT2D eigenvalue weighted by Crippen LogP contribution is 2.44. The summed E-state index contributed by atoms with van der Waals surface area (Å²) in [5.41, 5.74) is 5.71. The van der Waals surface area contributed by atoms with Crippen LogP contribution in [0.4, 0.5) is 0 Å². The summed E-state index contributed by atoms with van der Waals surface area (Å²) < 4.78 is 6.87. The second kappa shape index (κ2) is 9.57. The van der Waals surface area contributed by atoms with Gasteiger partial charge in [0.25, 0.3) is 5.91 Å². The van der Waals surface area contributed by atoms with Crippen molar-refractivity contribution in [1.29, 1.82) is 0 Å². The molecule has 33 heavy (non-hydrogen) atoms. The van der Waals surface area contributed by atoms with E-state index < -0.39 is 0 Å². The van der Waals surface area contributed by atoms with Gasteiger partial charge in [0.05, 0.1) is 5.69 Å². The molecular formula is C27H26BrClN2O2. The molecule has 3 atom stereocenters. The van der Waals surface area contributed by atoms with Gasteiger partial charge in [-0.3, -0.25) is 9.78 Å². The molecule has 1 aliphatic carbocycles. The minimum absolute atomic E-state index is 0.0244. The molecule has 0 spiro atoms. The van der Waals surface area contributed by atoms with Crippen LogP contribution in [0.5, 0.6) is 0 Å². The Morgan fingerprint density at radius 3 is 2.70 bits per heavy atom. The number of likely N-dealkylation sites (tertiary alicyclic amines) is 1. The number of hydrogen-bond donors (Lipinski definition) is 0. The topological polar surface area (TPSA) is 42.4 Å². The van der Waals surface area contributed by atoms with Gasteiger partial charge in [-0.2, -0.15) is 0 Å². The molecule has 170 valence electrons. The first kappa shape index (κ1) is 22.6. The first-order valence-electron chi connectivity index (χ1n) is 11.4. The smallest absolute Gasteiger partial charge is 0.255 e. The maximum Gasteiger partial charge on any atom is 0.255 e. The summed E-state index contributed by atoms with van der Waals surface area (Å²) in [5, 5.41) is 0.769. The van der Waals surface area contributed by atoms with Crippen molar-refractivity contribution in [2.45, 2.75) is 37.8 Å². The molecule has 2 heterocycles. The SMILES string of the molecule is COC1CC(C2c3ccc(Cl)cc3CCc3cc(Br)cnc32)CCN1C(=O)c1ccccc1. The second-order valence-corrected chi connectivity index (χ2v) is 10.2. The number of carbonyl (C=O) groups is 1. The molecule has 3 aromatic rings. The minimum atomic E-state index is -0.269. The number of pyridine rings is 1. The van der Waals surface area contributed by atoms with Gasteiger partial charge >= 0.3 is 0 Å². The fourth-order valence-electron chi connectivity index (χ4n) is 5.42. The van der Waals surface area contributed by atoms with Gasteiger partial charge in [-0.05, 0) is 94.6 Å². The molecule has 0 bridgehead atoms. The summed E-state index contributed by atoms with van der Waals surface area (Å²) in [6, 6.07) is 17.9. The Bertz CT molecular complexity index is 1120. The number of carbonyl (C=O) groups excluding carboxylic acids is 1. The zero-order valence-corrected chi connectivity index (χ0v) is 20.8. The molecule has 0 N–H and O–H groups in total. The molecule has 4 nitrogen and oxygen atoms in total. The van der Waals surface area contributed by atoms with Gasteiger partial charge < -0.3 is 9.64 Å². The molecule has 2 aliphatic rings. The molecule has 0 radical (unpaired) electrons. The number of hydrogen-bond acceptors (Lipinski definition) is 3. The largest absolute Gasteiger partial charge is 0.362 e. The number of piperidine rings is 1. The lowest BCUT2D eigenvalue weighted by molar-refractivity contribution is -0.0560. The predicted molar refractivity (Wildman–Crippen MR) is 134 cm³/mol. The molecule has 5 rings (SSSR count). The third-order valence-electron chi connectivity index (χ3n) is 6.98. The van der Waals surface area contributed by atoms with Crippen LogP contribution < -0.4 is 0 Å². The van der Waals surface area contributed by atoms with Gasteiger partial charge in [0.15, 0.2) is 0 Å². The third kappa shape index (κ3) is 4.46. The Labute approximate surface area is 208 Å². The van der Waals surface area contributed by atoms with Crippen LogP contribution in [0.2, 0.25) is 5.02 Å². The summed E-state index contributed by atoms with van der Waals surface area (Å²) >= 11 is 9.97. The minimum Gasteiger partial charge on any atom is -0.362 e. The van der Waals surface area contributed by atoms with Crippen LogP contribution in [0.15, 0.2) is 65.3 Å². The number of amides is 1. The van der Waals surface area contributed by atoms with E-state index in [1.165, 1.54) is 16.7 Å². The molecule has 2 aromatic carbocycles. The number of fused-ring (bicyclic) bond motifs is 2. The second-order valence-electron chi connectivity index (χ2n) is 8.86. The number of nitrogens with zero attached hydrogens (tertiary/aromatic N) is 2. The summed E-state index contributed by atoms with van der Waals surface area (Å²) in [6.45, 7) is 0.655. The van der Waals surface area contributed by atoms with Crippen molar-refractivity contribution in [3.8, 4) is 0 Å². The van der Waals surface area contributed by atoms with Crippen LogP contribution in [0.3, 0.4) is 0 Å². The average Bonchev–Trinajstić information content (AvgIpc) is 3.00. The number of halogens is 2. The summed E-state index contributed by atoms with van der Waals surface area (Å²) in [6.07, 6.45) is 5.16. The average molecular weight is 526 g/mol. The summed E-state index contributed by atoms with van der Waals surface area (Å²) in [5.74, 6) is 0.478. The lowest BCUT2D eigenvalue weighted by Gasteiger charge is -2.41. The first-order chi connectivity index (χ1) is 16.0. The van der Waals surface area contributed by atoms with Crippen molar-refractivity contribution in [3.05, 3.63) is 98.2 Å². The van der Waals surface area contributed by atoms with E-state index in [0.717, 1.165) is 40.9 Å². The maximum atomic E-state index is 13.2. The van der Waals surface area contributed by atoms with E-state index >= 15 is 0 Å². The normalized spacial score (nSPS) is 22.3. The van der Waals surface area contributed by atoms with Crippen molar-refractivity contribution >= 4 is 33.4 Å². The highest BCUT2D eigenvalue weighted by Gasteiger charge is 2.39. The number of methoxy groups -OCH3 is 1. The summed E-state index contributed by atoms with van der Waals surface area (Å²) in [4.78, 5) is 20.0. The molecule has 1 aromatic heterocycles. The van der Waals surface area contributed by atoms with Gasteiger partial charge in [0.2, 0.25) is 0 Å². The molecule has 3 unspecified atom stereocenters. The number of rotatable bonds is 3. The molecule has 1 aliphatic heterocycles. The van der Waals surface area contributed by atoms with Crippen LogP contribution in [-0.4, -0.2) is 35.7 Å². The summed E-state index contributed by atoms with van der Waals surface area (Å²) in [7, 11) is 1.70. The van der Waals surface area contributed by atoms with E-state index in [9.17, 15) is 4.79 Å². The maximum absolute atomic E-state index is 13.2. The molecule has 6 heteroatoms. The standard InChI is InChI=1S/C27H26BrClN2O2/c1-33-24-15-19(11-12-31(24)27(32)17-5-3-2-4-6-17)25-23-10-9-22(29)14-18(23)7-8-20-13-21(28)16-30-26(20)25/h2-6,9-10,13-14,16,19,24-25H,7-8,11-12,15H2,1H3. The molecular weight excluding hydrogens is 500 g/mol. The lowest BCUT2D eigenvalue weighted by atomic mass is 9.76. The third-order valence-corrected chi connectivity index (χ3v) is 7.65. The van der Waals surface area contributed by atoms with Crippen molar-refractivity contribution < 1.29 is 9.53 Å². The van der Waals surface area contributed by atoms with Crippen molar-refractivity contribution in [2.24, 2.45) is 5.92 Å². The van der Waals surface area contributed by atoms with Crippen LogP contribution in [0.25, 0.3) is 0 Å². The first-order valence-corrected chi connectivity index (χ1v) is 12.5. The van der Waals surface area contributed by atoms with Crippen LogP contribution >= 0.6 is 27.5 Å². The fraction of sp³-hybridized carbons (Fsp3) is 0.333. The van der Waals surface area contributed by atoms with Gasteiger partial charge in [-0.15, -0.1) is 0 Å². The molecule has 1 saturated heterocycles. The van der Waals surface area contributed by atoms with Crippen LogP contribution in [-0.2, 0) is 17.6 Å². The zero-order valence-electron chi connectivity index (χ0n) is 18.5. The number of ether oxygens (including phenoxy) is 1. The number of aromatic nitrogens is 1. The quantitative estimate of drug-likeness (QED) is 0.406. The van der Waals surface area contributed by atoms with E-state index in [2.05, 4.69) is 34.1 Å². The van der Waals surface area contributed by atoms with Gasteiger partial charge in [0.1, 0.15) is 6.23 Å². The Morgan fingerprint density at radius 2 is 1.91 bits per heavy atom. The highest BCUT2D eigenvalue weighted by atomic mass is 79.9. The number of benzene rings is 2. The fourth-order valence-corrected chi connectivity index (χ4v) is 5.99. The highest BCUT2D eigenvalue weighted by molar-refractivity contribution is 9.10. The van der Waals surface area contributed by atoms with E-state index in [-0.39, 0.29) is 18.1 Å². The van der Waals surface area contributed by atoms with Crippen molar-refractivity contribution in [2.75, 3.05) is 13.7 Å². The monoisotopic (exact) mass is 524 g/mol. The van der Waals surface area contributed by atoms with Crippen molar-refractivity contribution in [3.63, 3.8) is 0 Å². The van der Waals surface area contributed by atoms with E-state index in [0.29, 0.717) is 18.0 Å². The Balaban J connectivity index is 1.50. The predicted octanol–water partition coefficient (Wildman–Crippen LogP) is 6.25. The molecule has 1 fully saturated rings. The molecule has 0 saturated carbocycles. The van der Waals surface area contributed by atoms with Crippen LogP contribution in [0.1, 0.15) is 51.5 Å². The van der Waals surface area contributed by atoms with E-state index in [1.54, 1.807) is 7.11 Å². The Morgan fingerprint density at radius 1 is 1.12 bits per heavy atom. The van der Waals surface area contributed by atoms with E-state index in [1.807, 2.05) is 47.5 Å². The zero-order chi connectivity index (χ0) is 22.9. The van der Waals surface area contributed by atoms with Gasteiger partial charge in [0, 0.05) is 40.8 Å².